The molecule has 0 saturated heterocycles. The van der Waals surface area contributed by atoms with Gasteiger partial charge in [-0.3, -0.25) is 14.5 Å². The maximum atomic E-state index is 12.7. The van der Waals surface area contributed by atoms with Crippen LogP contribution in [0.3, 0.4) is 0 Å². The summed E-state index contributed by atoms with van der Waals surface area (Å²) >= 11 is 0. The van der Waals surface area contributed by atoms with Gasteiger partial charge in [-0.1, -0.05) is 6.92 Å². The molecule has 1 rings (SSSR count). The second-order valence-corrected chi connectivity index (χ2v) is 4.47. The summed E-state index contributed by atoms with van der Waals surface area (Å²) in [4.78, 5) is 24.2. The molecule has 110 valence electrons. The van der Waals surface area contributed by atoms with Crippen molar-refractivity contribution in [2.24, 2.45) is 0 Å². The molecule has 6 heteroatoms. The van der Waals surface area contributed by atoms with E-state index in [1.807, 2.05) is 6.92 Å². The Kier molecular flexibility index (Phi) is 6.66. The van der Waals surface area contributed by atoms with E-state index in [2.05, 4.69) is 5.32 Å². The Bertz CT molecular complexity index is 448. The molecule has 5 nitrogen and oxygen atoms in total. The number of halogens is 1. The number of carboxylic acid groups (broad SMARTS) is 1. The molecule has 20 heavy (non-hydrogen) atoms. The fourth-order valence-electron chi connectivity index (χ4n) is 1.78. The van der Waals surface area contributed by atoms with E-state index in [9.17, 15) is 14.0 Å². The van der Waals surface area contributed by atoms with Gasteiger partial charge >= 0.3 is 5.97 Å². The second kappa shape index (κ2) is 8.27. The predicted octanol–water partition coefficient (Wildman–Crippen LogP) is 1.95. The van der Waals surface area contributed by atoms with Crippen molar-refractivity contribution in [3.63, 3.8) is 0 Å². The lowest BCUT2D eigenvalue weighted by Gasteiger charge is -2.20. The summed E-state index contributed by atoms with van der Waals surface area (Å²) in [5.74, 6) is -1.49. The van der Waals surface area contributed by atoms with Gasteiger partial charge in [-0.05, 0) is 37.2 Å². The SMILES string of the molecule is CCCN(CCC(=O)O)CC(=O)Nc1ccc(F)cc1. The van der Waals surface area contributed by atoms with Gasteiger partial charge in [0, 0.05) is 12.2 Å². The Hall–Kier alpha value is -1.95. The van der Waals surface area contributed by atoms with Gasteiger partial charge in [0.2, 0.25) is 5.91 Å². The van der Waals surface area contributed by atoms with Crippen LogP contribution in [0, 0.1) is 5.82 Å². The third-order valence-electron chi connectivity index (χ3n) is 2.68. The smallest absolute Gasteiger partial charge is 0.304 e. The summed E-state index contributed by atoms with van der Waals surface area (Å²) in [6.07, 6.45) is 0.841. The number of hydrogen-bond acceptors (Lipinski definition) is 3. The van der Waals surface area contributed by atoms with Gasteiger partial charge in [0.1, 0.15) is 5.82 Å². The van der Waals surface area contributed by atoms with Crippen molar-refractivity contribution < 1.29 is 19.1 Å². The first-order valence-electron chi connectivity index (χ1n) is 6.51. The Morgan fingerprint density at radius 3 is 2.45 bits per heavy atom. The van der Waals surface area contributed by atoms with Gasteiger partial charge in [0.05, 0.1) is 13.0 Å². The molecule has 0 bridgehead atoms. The van der Waals surface area contributed by atoms with E-state index in [1.54, 1.807) is 4.90 Å². The second-order valence-electron chi connectivity index (χ2n) is 4.47. The van der Waals surface area contributed by atoms with Crippen LogP contribution in [0.1, 0.15) is 19.8 Å². The molecule has 0 aromatic heterocycles. The lowest BCUT2D eigenvalue weighted by Crippen LogP contribution is -2.35. The summed E-state index contributed by atoms with van der Waals surface area (Å²) in [5, 5.41) is 11.3. The van der Waals surface area contributed by atoms with Crippen LogP contribution in [0.4, 0.5) is 10.1 Å². The van der Waals surface area contributed by atoms with E-state index in [0.717, 1.165) is 6.42 Å². The summed E-state index contributed by atoms with van der Waals surface area (Å²) in [6.45, 7) is 3.08. The number of anilines is 1. The first-order valence-corrected chi connectivity index (χ1v) is 6.51. The van der Waals surface area contributed by atoms with E-state index in [1.165, 1.54) is 24.3 Å². The summed E-state index contributed by atoms with van der Waals surface area (Å²) in [7, 11) is 0. The molecule has 0 unspecified atom stereocenters. The van der Waals surface area contributed by atoms with E-state index in [4.69, 9.17) is 5.11 Å². The quantitative estimate of drug-likeness (QED) is 0.764. The fourth-order valence-corrected chi connectivity index (χ4v) is 1.78. The van der Waals surface area contributed by atoms with E-state index in [-0.39, 0.29) is 24.7 Å². The molecule has 0 spiro atoms. The summed E-state index contributed by atoms with van der Waals surface area (Å²) in [5.41, 5.74) is 0.520. The molecule has 0 aliphatic carbocycles. The van der Waals surface area contributed by atoms with Gasteiger partial charge in [-0.2, -0.15) is 0 Å². The van der Waals surface area contributed by atoms with Crippen LogP contribution in [-0.4, -0.2) is 41.5 Å². The Balaban J connectivity index is 2.48. The first-order chi connectivity index (χ1) is 9.51. The fraction of sp³-hybridized carbons (Fsp3) is 0.429. The highest BCUT2D eigenvalue weighted by Crippen LogP contribution is 2.08. The van der Waals surface area contributed by atoms with Gasteiger partial charge in [-0.15, -0.1) is 0 Å². The number of hydrogen-bond donors (Lipinski definition) is 2. The number of amides is 1. The van der Waals surface area contributed by atoms with Gasteiger partial charge < -0.3 is 10.4 Å². The molecule has 0 saturated carbocycles. The van der Waals surface area contributed by atoms with Crippen molar-refractivity contribution in [3.8, 4) is 0 Å². The molecule has 2 N–H and O–H groups in total. The van der Waals surface area contributed by atoms with Crippen LogP contribution >= 0.6 is 0 Å². The normalized spacial score (nSPS) is 10.6. The minimum absolute atomic E-state index is 0.00380. The highest BCUT2D eigenvalue weighted by atomic mass is 19.1. The lowest BCUT2D eigenvalue weighted by molar-refractivity contribution is -0.137. The molecular formula is C14H19FN2O3. The van der Waals surface area contributed by atoms with Gasteiger partial charge in [0.25, 0.3) is 0 Å². The highest BCUT2D eigenvalue weighted by Gasteiger charge is 2.11. The average molecular weight is 282 g/mol. The number of nitrogens with one attached hydrogen (secondary N) is 1. The van der Waals surface area contributed by atoms with Crippen LogP contribution in [0.2, 0.25) is 0 Å². The molecule has 0 fully saturated rings. The minimum Gasteiger partial charge on any atom is -0.481 e. The lowest BCUT2D eigenvalue weighted by atomic mass is 10.3. The van der Waals surface area contributed by atoms with E-state index < -0.39 is 5.97 Å². The number of aliphatic carboxylic acids is 1. The summed E-state index contributed by atoms with van der Waals surface area (Å²) < 4.78 is 12.7. The van der Waals surface area contributed by atoms with Crippen molar-refractivity contribution in [2.45, 2.75) is 19.8 Å². The molecule has 1 amide bonds. The molecule has 1 aromatic carbocycles. The van der Waals surface area contributed by atoms with Crippen LogP contribution in [0.5, 0.6) is 0 Å². The maximum Gasteiger partial charge on any atom is 0.304 e. The van der Waals surface area contributed by atoms with Crippen LogP contribution in [0.25, 0.3) is 0 Å². The average Bonchev–Trinajstić information content (AvgIpc) is 2.39. The summed E-state index contributed by atoms with van der Waals surface area (Å²) in [6, 6.07) is 5.50. The standard InChI is InChI=1S/C14H19FN2O3/c1-2-8-17(9-7-14(19)20)10-13(18)16-12-5-3-11(15)4-6-12/h3-6H,2,7-10H2,1H3,(H,16,18)(H,19,20). The van der Waals surface area contributed by atoms with Crippen LogP contribution in [-0.2, 0) is 9.59 Å². The first kappa shape index (κ1) is 16.1. The number of carboxylic acids is 1. The van der Waals surface area contributed by atoms with Crippen molar-refractivity contribution >= 4 is 17.6 Å². The Morgan fingerprint density at radius 2 is 1.90 bits per heavy atom. The molecule has 0 heterocycles. The zero-order valence-corrected chi connectivity index (χ0v) is 11.4. The van der Waals surface area contributed by atoms with Crippen molar-refractivity contribution in [1.82, 2.24) is 4.90 Å². The zero-order chi connectivity index (χ0) is 15.0. The van der Waals surface area contributed by atoms with Gasteiger partial charge in [0.15, 0.2) is 0 Å². The van der Waals surface area contributed by atoms with Gasteiger partial charge in [-0.25, -0.2) is 4.39 Å². The largest absolute Gasteiger partial charge is 0.481 e. The minimum atomic E-state index is -0.884. The Morgan fingerprint density at radius 1 is 1.25 bits per heavy atom. The number of rotatable bonds is 8. The van der Waals surface area contributed by atoms with E-state index in [0.29, 0.717) is 18.8 Å². The number of nitrogens with zero attached hydrogens (tertiary/aromatic N) is 1. The molecular weight excluding hydrogens is 263 g/mol. The maximum absolute atomic E-state index is 12.7. The molecule has 1 aromatic rings. The number of carbonyl (C=O) groups excluding carboxylic acids is 1. The number of carbonyl (C=O) groups is 2. The topological polar surface area (TPSA) is 69.6 Å². The zero-order valence-electron chi connectivity index (χ0n) is 11.4. The molecule has 0 radical (unpaired) electrons. The predicted molar refractivity (Wildman–Crippen MR) is 74.0 cm³/mol. The molecule has 0 aliphatic heterocycles. The van der Waals surface area contributed by atoms with Crippen molar-refractivity contribution in [2.75, 3.05) is 25.0 Å². The van der Waals surface area contributed by atoms with Crippen LogP contribution < -0.4 is 5.32 Å². The molecule has 0 aliphatic rings. The molecule has 0 atom stereocenters. The van der Waals surface area contributed by atoms with E-state index >= 15 is 0 Å². The van der Waals surface area contributed by atoms with Crippen LogP contribution in [0.15, 0.2) is 24.3 Å². The highest BCUT2D eigenvalue weighted by molar-refractivity contribution is 5.92. The number of benzene rings is 1. The third-order valence-corrected chi connectivity index (χ3v) is 2.68. The third kappa shape index (κ3) is 6.29. The monoisotopic (exact) mass is 282 g/mol. The Labute approximate surface area is 117 Å². The van der Waals surface area contributed by atoms with Crippen molar-refractivity contribution in [1.29, 1.82) is 0 Å². The van der Waals surface area contributed by atoms with Crippen molar-refractivity contribution in [3.05, 3.63) is 30.1 Å².